The minimum absolute atomic E-state index is 0.838. The van der Waals surface area contributed by atoms with Crippen LogP contribution in [0.5, 0.6) is 0 Å². The lowest BCUT2D eigenvalue weighted by Gasteiger charge is -2.09. The van der Waals surface area contributed by atoms with Crippen molar-refractivity contribution < 1.29 is 0 Å². The lowest BCUT2D eigenvalue weighted by molar-refractivity contribution is 0.474. The van der Waals surface area contributed by atoms with Crippen LogP contribution in [-0.4, -0.2) is 18.3 Å². The standard InChI is InChI=1S/C12H24N2/c1-4-5-8-12(2)9-6-7-10-14(3)11-13/h7,10-13H,4-6,8-9H2,1-3H3. The van der Waals surface area contributed by atoms with Crippen LogP contribution in [0, 0.1) is 11.3 Å². The second-order valence-electron chi connectivity index (χ2n) is 4.00. The van der Waals surface area contributed by atoms with Crippen molar-refractivity contribution in [3.05, 3.63) is 12.3 Å². The van der Waals surface area contributed by atoms with Crippen molar-refractivity contribution in [3.8, 4) is 0 Å². The van der Waals surface area contributed by atoms with E-state index in [0.717, 1.165) is 12.3 Å². The first kappa shape index (κ1) is 13.2. The average molecular weight is 196 g/mol. The molecule has 1 N–H and O–H groups in total. The molecule has 0 bridgehead atoms. The van der Waals surface area contributed by atoms with E-state index in [1.165, 1.54) is 32.0 Å². The number of rotatable bonds is 8. The van der Waals surface area contributed by atoms with Gasteiger partial charge in [0.15, 0.2) is 0 Å². The zero-order valence-electron chi connectivity index (χ0n) is 9.79. The Morgan fingerprint density at radius 2 is 2.07 bits per heavy atom. The van der Waals surface area contributed by atoms with Gasteiger partial charge in [-0.3, -0.25) is 5.41 Å². The van der Waals surface area contributed by atoms with Crippen molar-refractivity contribution in [1.29, 1.82) is 5.41 Å². The van der Waals surface area contributed by atoms with E-state index in [2.05, 4.69) is 19.9 Å². The highest BCUT2D eigenvalue weighted by Gasteiger charge is 1.98. The summed E-state index contributed by atoms with van der Waals surface area (Å²) in [5.74, 6) is 0.838. The van der Waals surface area contributed by atoms with E-state index in [4.69, 9.17) is 5.41 Å². The van der Waals surface area contributed by atoms with Gasteiger partial charge >= 0.3 is 0 Å². The van der Waals surface area contributed by atoms with E-state index < -0.39 is 0 Å². The highest BCUT2D eigenvalue weighted by Crippen LogP contribution is 2.13. The van der Waals surface area contributed by atoms with E-state index in [-0.39, 0.29) is 0 Å². The van der Waals surface area contributed by atoms with Gasteiger partial charge in [-0.05, 0) is 18.8 Å². The Morgan fingerprint density at radius 3 is 2.64 bits per heavy atom. The summed E-state index contributed by atoms with van der Waals surface area (Å²) in [5, 5.41) is 6.97. The van der Waals surface area contributed by atoms with Gasteiger partial charge in [0.05, 0.1) is 6.34 Å². The van der Waals surface area contributed by atoms with Gasteiger partial charge in [-0.25, -0.2) is 0 Å². The molecule has 0 aliphatic heterocycles. The molecule has 82 valence electrons. The lowest BCUT2D eigenvalue weighted by atomic mass is 9.99. The molecule has 0 rings (SSSR count). The second kappa shape index (κ2) is 8.79. The van der Waals surface area contributed by atoms with Gasteiger partial charge in [-0.2, -0.15) is 0 Å². The molecule has 0 aliphatic rings. The molecule has 1 atom stereocenters. The van der Waals surface area contributed by atoms with Gasteiger partial charge in [0.2, 0.25) is 0 Å². The van der Waals surface area contributed by atoms with Crippen molar-refractivity contribution in [1.82, 2.24) is 4.90 Å². The summed E-state index contributed by atoms with van der Waals surface area (Å²) in [5.41, 5.74) is 0. The Hall–Kier alpha value is -0.790. The fourth-order valence-corrected chi connectivity index (χ4v) is 1.36. The van der Waals surface area contributed by atoms with Gasteiger partial charge in [0.25, 0.3) is 0 Å². The molecule has 0 amide bonds. The van der Waals surface area contributed by atoms with E-state index in [1.54, 1.807) is 4.90 Å². The molecule has 0 saturated heterocycles. The van der Waals surface area contributed by atoms with Gasteiger partial charge in [-0.1, -0.05) is 39.2 Å². The fraction of sp³-hybridized carbons (Fsp3) is 0.750. The van der Waals surface area contributed by atoms with E-state index in [1.807, 2.05) is 13.2 Å². The largest absolute Gasteiger partial charge is 0.343 e. The van der Waals surface area contributed by atoms with Crippen LogP contribution in [0.25, 0.3) is 0 Å². The summed E-state index contributed by atoms with van der Waals surface area (Å²) >= 11 is 0. The summed E-state index contributed by atoms with van der Waals surface area (Å²) in [6.45, 7) is 4.56. The van der Waals surface area contributed by atoms with E-state index in [0.29, 0.717) is 0 Å². The highest BCUT2D eigenvalue weighted by atomic mass is 15.1. The molecule has 0 fully saturated rings. The van der Waals surface area contributed by atoms with Crippen molar-refractivity contribution in [2.45, 2.75) is 46.0 Å². The quantitative estimate of drug-likeness (QED) is 0.465. The first-order valence-corrected chi connectivity index (χ1v) is 5.59. The maximum atomic E-state index is 6.97. The average Bonchev–Trinajstić information content (AvgIpc) is 2.21. The first-order valence-electron chi connectivity index (χ1n) is 5.59. The van der Waals surface area contributed by atoms with Crippen molar-refractivity contribution in [2.24, 2.45) is 5.92 Å². The molecule has 0 spiro atoms. The number of nitrogens with zero attached hydrogens (tertiary/aromatic N) is 1. The molecular formula is C12H24N2. The predicted molar refractivity (Wildman–Crippen MR) is 63.6 cm³/mol. The fourth-order valence-electron chi connectivity index (χ4n) is 1.36. The van der Waals surface area contributed by atoms with Crippen LogP contribution in [0.3, 0.4) is 0 Å². The Bertz CT molecular complexity index is 164. The van der Waals surface area contributed by atoms with Crippen LogP contribution in [0.2, 0.25) is 0 Å². The van der Waals surface area contributed by atoms with Crippen LogP contribution >= 0.6 is 0 Å². The SMILES string of the molecule is CCCCC(C)CCC=CN(C)C=N. The third-order valence-electron chi connectivity index (χ3n) is 2.42. The maximum Gasteiger partial charge on any atom is 0.0854 e. The summed E-state index contributed by atoms with van der Waals surface area (Å²) < 4.78 is 0. The number of allylic oxidation sites excluding steroid dienone is 1. The molecule has 0 saturated carbocycles. The molecule has 0 aliphatic carbocycles. The third kappa shape index (κ3) is 7.84. The normalized spacial score (nSPS) is 13.1. The molecule has 0 aromatic carbocycles. The second-order valence-corrected chi connectivity index (χ2v) is 4.00. The number of hydrogen-bond acceptors (Lipinski definition) is 1. The Labute approximate surface area is 88.5 Å². The highest BCUT2D eigenvalue weighted by molar-refractivity contribution is 5.51. The molecule has 14 heavy (non-hydrogen) atoms. The molecule has 2 heteroatoms. The number of nitrogens with one attached hydrogen (secondary N) is 1. The minimum Gasteiger partial charge on any atom is -0.343 e. The lowest BCUT2D eigenvalue weighted by Crippen LogP contribution is -2.05. The van der Waals surface area contributed by atoms with Gasteiger partial charge < -0.3 is 4.90 Å². The van der Waals surface area contributed by atoms with E-state index >= 15 is 0 Å². The van der Waals surface area contributed by atoms with Crippen LogP contribution in [0.1, 0.15) is 46.0 Å². The molecule has 1 unspecified atom stereocenters. The van der Waals surface area contributed by atoms with Crippen molar-refractivity contribution >= 4 is 6.34 Å². The topological polar surface area (TPSA) is 27.1 Å². The van der Waals surface area contributed by atoms with Crippen molar-refractivity contribution in [2.75, 3.05) is 7.05 Å². The Kier molecular flexibility index (Phi) is 8.30. The Balaban J connectivity index is 3.42. The van der Waals surface area contributed by atoms with Gasteiger partial charge in [0, 0.05) is 13.2 Å². The van der Waals surface area contributed by atoms with Crippen molar-refractivity contribution in [3.63, 3.8) is 0 Å². The zero-order valence-corrected chi connectivity index (χ0v) is 9.79. The first-order chi connectivity index (χ1) is 6.70. The van der Waals surface area contributed by atoms with E-state index in [9.17, 15) is 0 Å². The van der Waals surface area contributed by atoms with Gasteiger partial charge in [0.1, 0.15) is 0 Å². The molecule has 2 nitrogen and oxygen atoms in total. The molecule has 0 aromatic rings. The van der Waals surface area contributed by atoms with Gasteiger partial charge in [-0.15, -0.1) is 0 Å². The van der Waals surface area contributed by atoms with Crippen LogP contribution in [0.4, 0.5) is 0 Å². The summed E-state index contributed by atoms with van der Waals surface area (Å²) in [6, 6.07) is 0. The Morgan fingerprint density at radius 1 is 1.36 bits per heavy atom. The van der Waals surface area contributed by atoms with Crippen LogP contribution < -0.4 is 0 Å². The molecule has 0 aromatic heterocycles. The minimum atomic E-state index is 0.838. The molecule has 0 radical (unpaired) electrons. The maximum absolute atomic E-state index is 6.97. The predicted octanol–water partition coefficient (Wildman–Crippen LogP) is 3.65. The monoisotopic (exact) mass is 196 g/mol. The van der Waals surface area contributed by atoms with Crippen LogP contribution in [-0.2, 0) is 0 Å². The third-order valence-corrected chi connectivity index (χ3v) is 2.42. The van der Waals surface area contributed by atoms with Crippen LogP contribution in [0.15, 0.2) is 12.3 Å². The summed E-state index contributed by atoms with van der Waals surface area (Å²) in [6.07, 6.45) is 11.8. The number of hydrogen-bond donors (Lipinski definition) is 1. The smallest absolute Gasteiger partial charge is 0.0854 e. The molecule has 0 heterocycles. The molecular weight excluding hydrogens is 172 g/mol. The number of unbranched alkanes of at least 4 members (excludes halogenated alkanes) is 1. The summed E-state index contributed by atoms with van der Waals surface area (Å²) in [7, 11) is 1.88. The zero-order chi connectivity index (χ0) is 10.8. The summed E-state index contributed by atoms with van der Waals surface area (Å²) in [4.78, 5) is 1.76.